The topological polar surface area (TPSA) is 47.0 Å². The molecule has 1 saturated heterocycles. The smallest absolute Gasteiger partial charge is 0.381 e. The molecule has 4 nitrogen and oxygen atoms in total. The fourth-order valence-corrected chi connectivity index (χ4v) is 3.74. The van der Waals surface area contributed by atoms with Gasteiger partial charge in [-0.2, -0.15) is 13.2 Å². The SMILES string of the molecule is CC(C)c1cc(NCC2(c3cccc(C(F)(F)F)c3)CCOCC2)nc(C(C)C)n1. The first-order valence-electron chi connectivity index (χ1n) is 10.5. The molecule has 1 aromatic heterocycles. The molecule has 0 unspecified atom stereocenters. The summed E-state index contributed by atoms with van der Waals surface area (Å²) < 4.78 is 45.4. The van der Waals surface area contributed by atoms with Crippen LogP contribution in [0.15, 0.2) is 30.3 Å². The number of nitrogens with one attached hydrogen (secondary N) is 1. The normalized spacial score (nSPS) is 16.8. The number of nitrogens with zero attached hydrogens (tertiary/aromatic N) is 2. The van der Waals surface area contributed by atoms with Crippen molar-refractivity contribution >= 4 is 5.82 Å². The number of anilines is 1. The van der Waals surface area contributed by atoms with Gasteiger partial charge in [0.1, 0.15) is 11.6 Å². The minimum Gasteiger partial charge on any atom is -0.381 e. The quantitative estimate of drug-likeness (QED) is 0.631. The van der Waals surface area contributed by atoms with Crippen LogP contribution in [-0.4, -0.2) is 29.7 Å². The number of hydrogen-bond acceptors (Lipinski definition) is 4. The molecule has 0 aliphatic carbocycles. The molecule has 2 heterocycles. The predicted octanol–water partition coefficient (Wildman–Crippen LogP) is 5.90. The maximum Gasteiger partial charge on any atom is 0.416 e. The van der Waals surface area contributed by atoms with Crippen LogP contribution in [0.4, 0.5) is 19.0 Å². The van der Waals surface area contributed by atoms with Crippen molar-refractivity contribution in [2.24, 2.45) is 0 Å². The predicted molar refractivity (Wildman–Crippen MR) is 112 cm³/mol. The van der Waals surface area contributed by atoms with Gasteiger partial charge >= 0.3 is 6.18 Å². The van der Waals surface area contributed by atoms with Crippen molar-refractivity contribution in [1.29, 1.82) is 0 Å². The van der Waals surface area contributed by atoms with Crippen molar-refractivity contribution < 1.29 is 17.9 Å². The fourth-order valence-electron chi connectivity index (χ4n) is 3.74. The van der Waals surface area contributed by atoms with Gasteiger partial charge in [-0.3, -0.25) is 0 Å². The van der Waals surface area contributed by atoms with E-state index in [-0.39, 0.29) is 11.8 Å². The van der Waals surface area contributed by atoms with E-state index in [0.29, 0.717) is 38.2 Å². The largest absolute Gasteiger partial charge is 0.416 e. The van der Waals surface area contributed by atoms with E-state index in [1.807, 2.05) is 19.9 Å². The summed E-state index contributed by atoms with van der Waals surface area (Å²) in [4.78, 5) is 9.29. The Kier molecular flexibility index (Phi) is 6.70. The zero-order chi connectivity index (χ0) is 21.9. The molecule has 0 saturated carbocycles. The van der Waals surface area contributed by atoms with Crippen LogP contribution in [0.5, 0.6) is 0 Å². The molecule has 0 amide bonds. The van der Waals surface area contributed by atoms with Crippen LogP contribution >= 0.6 is 0 Å². The van der Waals surface area contributed by atoms with Gasteiger partial charge in [-0.15, -0.1) is 0 Å². The van der Waals surface area contributed by atoms with E-state index in [0.717, 1.165) is 23.4 Å². The Hall–Kier alpha value is -2.15. The summed E-state index contributed by atoms with van der Waals surface area (Å²) in [5.74, 6) is 1.93. The molecular formula is C23H30F3N3O. The summed E-state index contributed by atoms with van der Waals surface area (Å²) >= 11 is 0. The van der Waals surface area contributed by atoms with Gasteiger partial charge in [-0.1, -0.05) is 45.9 Å². The summed E-state index contributed by atoms with van der Waals surface area (Å²) in [6, 6.07) is 7.63. The molecule has 1 aliphatic rings. The molecular weight excluding hydrogens is 391 g/mol. The number of rotatable bonds is 6. The Morgan fingerprint density at radius 1 is 1.03 bits per heavy atom. The van der Waals surface area contributed by atoms with Crippen LogP contribution < -0.4 is 5.32 Å². The van der Waals surface area contributed by atoms with Crippen molar-refractivity contribution in [2.75, 3.05) is 25.1 Å². The third-order valence-electron chi connectivity index (χ3n) is 5.73. The number of ether oxygens (including phenoxy) is 1. The zero-order valence-electron chi connectivity index (χ0n) is 18.0. The van der Waals surface area contributed by atoms with Crippen LogP contribution in [0.1, 0.15) is 75.0 Å². The van der Waals surface area contributed by atoms with Gasteiger partial charge in [-0.05, 0) is 30.4 Å². The Labute approximate surface area is 176 Å². The molecule has 1 N–H and O–H groups in total. The number of benzene rings is 1. The summed E-state index contributed by atoms with van der Waals surface area (Å²) in [5, 5.41) is 3.41. The molecule has 0 atom stereocenters. The highest BCUT2D eigenvalue weighted by molar-refractivity contribution is 5.40. The van der Waals surface area contributed by atoms with Gasteiger partial charge in [-0.25, -0.2) is 9.97 Å². The maximum atomic E-state index is 13.3. The Morgan fingerprint density at radius 3 is 2.33 bits per heavy atom. The van der Waals surface area contributed by atoms with E-state index in [1.54, 1.807) is 6.07 Å². The van der Waals surface area contributed by atoms with Gasteiger partial charge in [0.2, 0.25) is 0 Å². The number of hydrogen-bond donors (Lipinski definition) is 1. The highest BCUT2D eigenvalue weighted by Gasteiger charge is 2.37. The number of aromatic nitrogens is 2. The van der Waals surface area contributed by atoms with Crippen molar-refractivity contribution in [3.05, 3.63) is 53.0 Å². The molecule has 0 radical (unpaired) electrons. The molecule has 0 bridgehead atoms. The van der Waals surface area contributed by atoms with Crippen molar-refractivity contribution in [3.63, 3.8) is 0 Å². The van der Waals surface area contributed by atoms with E-state index >= 15 is 0 Å². The van der Waals surface area contributed by atoms with Gasteiger partial charge in [0, 0.05) is 42.9 Å². The molecule has 0 spiro atoms. The lowest BCUT2D eigenvalue weighted by atomic mass is 9.73. The average Bonchev–Trinajstić information content (AvgIpc) is 2.72. The second kappa shape index (κ2) is 8.92. The monoisotopic (exact) mass is 421 g/mol. The Morgan fingerprint density at radius 2 is 1.73 bits per heavy atom. The van der Waals surface area contributed by atoms with Crippen molar-refractivity contribution in [2.45, 2.75) is 64.0 Å². The summed E-state index contributed by atoms with van der Waals surface area (Å²) in [7, 11) is 0. The molecule has 1 aliphatic heterocycles. The van der Waals surface area contributed by atoms with Crippen LogP contribution in [0.2, 0.25) is 0 Å². The summed E-state index contributed by atoms with van der Waals surface area (Å²) in [5.41, 5.74) is 0.587. The Bertz CT molecular complexity index is 833. The van der Waals surface area contributed by atoms with Crippen molar-refractivity contribution in [1.82, 2.24) is 9.97 Å². The number of alkyl halides is 3. The van der Waals surface area contributed by atoms with Gasteiger partial charge in [0.25, 0.3) is 0 Å². The number of halogens is 3. The first-order chi connectivity index (χ1) is 14.1. The van der Waals surface area contributed by atoms with Gasteiger partial charge in [0.15, 0.2) is 0 Å². The van der Waals surface area contributed by atoms with Gasteiger partial charge < -0.3 is 10.1 Å². The maximum absolute atomic E-state index is 13.3. The van der Waals surface area contributed by atoms with E-state index < -0.39 is 17.2 Å². The molecule has 2 aromatic rings. The van der Waals surface area contributed by atoms with E-state index in [4.69, 9.17) is 4.74 Å². The summed E-state index contributed by atoms with van der Waals surface area (Å²) in [6.45, 7) is 9.80. The fraction of sp³-hybridized carbons (Fsp3) is 0.565. The Balaban J connectivity index is 1.92. The molecule has 30 heavy (non-hydrogen) atoms. The lowest BCUT2D eigenvalue weighted by Gasteiger charge is -2.38. The van der Waals surface area contributed by atoms with E-state index in [1.165, 1.54) is 12.1 Å². The first-order valence-corrected chi connectivity index (χ1v) is 10.5. The summed E-state index contributed by atoms with van der Waals surface area (Å²) in [6.07, 6.45) is -3.05. The highest BCUT2D eigenvalue weighted by atomic mass is 19.4. The molecule has 7 heteroatoms. The van der Waals surface area contributed by atoms with Crippen LogP contribution in [0.25, 0.3) is 0 Å². The average molecular weight is 422 g/mol. The zero-order valence-corrected chi connectivity index (χ0v) is 18.0. The minimum absolute atomic E-state index is 0.185. The van der Waals surface area contributed by atoms with Crippen LogP contribution in [0, 0.1) is 0 Å². The third kappa shape index (κ3) is 5.12. The standard InChI is InChI=1S/C23H30F3N3O/c1-15(2)19-13-20(29-21(28-19)16(3)4)27-14-22(8-10-30-11-9-22)17-6-5-7-18(12-17)23(24,25)26/h5-7,12-13,15-16H,8-11,14H2,1-4H3,(H,27,28,29). The van der Waals surface area contributed by atoms with Crippen LogP contribution in [-0.2, 0) is 16.3 Å². The van der Waals surface area contributed by atoms with Crippen molar-refractivity contribution in [3.8, 4) is 0 Å². The molecule has 164 valence electrons. The lowest BCUT2D eigenvalue weighted by Crippen LogP contribution is -2.40. The van der Waals surface area contributed by atoms with Gasteiger partial charge in [0.05, 0.1) is 5.56 Å². The molecule has 1 fully saturated rings. The molecule has 3 rings (SSSR count). The van der Waals surface area contributed by atoms with E-state index in [9.17, 15) is 13.2 Å². The minimum atomic E-state index is -4.36. The first kappa shape index (κ1) is 22.5. The second-order valence-electron chi connectivity index (χ2n) is 8.67. The highest BCUT2D eigenvalue weighted by Crippen LogP contribution is 2.38. The molecule has 1 aromatic carbocycles. The second-order valence-corrected chi connectivity index (χ2v) is 8.67. The van der Waals surface area contributed by atoms with E-state index in [2.05, 4.69) is 29.1 Å². The van der Waals surface area contributed by atoms with Crippen LogP contribution in [0.3, 0.4) is 0 Å². The lowest BCUT2D eigenvalue weighted by molar-refractivity contribution is -0.137. The third-order valence-corrected chi connectivity index (χ3v) is 5.73.